The maximum atomic E-state index is 12.3. The van der Waals surface area contributed by atoms with E-state index in [0.717, 1.165) is 19.3 Å². The molecule has 0 saturated heterocycles. The molecule has 1 N–H and O–H groups in total. The topological polar surface area (TPSA) is 63.6 Å². The average Bonchev–Trinajstić information content (AvgIpc) is 2.47. The van der Waals surface area contributed by atoms with E-state index in [1.54, 1.807) is 19.2 Å². The minimum atomic E-state index is -0.737. The van der Waals surface area contributed by atoms with Crippen LogP contribution in [0.4, 0.5) is 0 Å². The predicted molar refractivity (Wildman–Crippen MR) is 75.0 cm³/mol. The van der Waals surface area contributed by atoms with Gasteiger partial charge in [0.05, 0.1) is 18.6 Å². The summed E-state index contributed by atoms with van der Waals surface area (Å²) in [7, 11) is 1.55. The van der Waals surface area contributed by atoms with Crippen LogP contribution < -0.4 is 4.74 Å². The number of benzene rings is 1. The van der Waals surface area contributed by atoms with Gasteiger partial charge < -0.3 is 9.84 Å². The molecule has 1 aromatic carbocycles. The fourth-order valence-corrected chi connectivity index (χ4v) is 2.95. The molecule has 108 valence electrons. The number of ketones is 1. The number of para-hydroxylation sites is 1. The van der Waals surface area contributed by atoms with Crippen molar-refractivity contribution in [1.29, 1.82) is 0 Å². The Balaban J connectivity index is 2.02. The fraction of sp³-hybridized carbons (Fsp3) is 0.500. The third-order valence-electron chi connectivity index (χ3n) is 4.01. The van der Waals surface area contributed by atoms with Crippen LogP contribution in [0.3, 0.4) is 0 Å². The first kappa shape index (κ1) is 14.6. The van der Waals surface area contributed by atoms with E-state index in [0.29, 0.717) is 24.2 Å². The lowest BCUT2D eigenvalue weighted by atomic mass is 9.78. The van der Waals surface area contributed by atoms with Gasteiger partial charge in [-0.2, -0.15) is 0 Å². The lowest BCUT2D eigenvalue weighted by Gasteiger charge is -2.26. The summed E-state index contributed by atoms with van der Waals surface area (Å²) in [5, 5.41) is 9.08. The largest absolute Gasteiger partial charge is 0.496 e. The summed E-state index contributed by atoms with van der Waals surface area (Å²) in [6.07, 6.45) is 3.57. The van der Waals surface area contributed by atoms with Gasteiger partial charge in [-0.05, 0) is 37.3 Å². The number of ether oxygens (including phenoxy) is 1. The molecule has 2 unspecified atom stereocenters. The molecular weight excluding hydrogens is 256 g/mol. The second kappa shape index (κ2) is 6.55. The van der Waals surface area contributed by atoms with Crippen molar-refractivity contribution in [3.8, 4) is 5.75 Å². The predicted octanol–water partition coefficient (Wildman–Crippen LogP) is 3.16. The molecule has 0 heterocycles. The number of methoxy groups -OCH3 is 1. The minimum absolute atomic E-state index is 0.0403. The number of aliphatic carboxylic acids is 1. The van der Waals surface area contributed by atoms with E-state index >= 15 is 0 Å². The first-order valence-electron chi connectivity index (χ1n) is 7.01. The van der Waals surface area contributed by atoms with Crippen molar-refractivity contribution in [1.82, 2.24) is 0 Å². The number of Topliss-reactive ketones (excluding diaryl/α,β-unsaturated/α-hetero) is 1. The molecule has 1 saturated carbocycles. The van der Waals surface area contributed by atoms with Gasteiger partial charge in [-0.3, -0.25) is 9.59 Å². The second-order valence-electron chi connectivity index (χ2n) is 5.40. The molecule has 0 radical (unpaired) electrons. The summed E-state index contributed by atoms with van der Waals surface area (Å²) in [6.45, 7) is 0. The van der Waals surface area contributed by atoms with Crippen LogP contribution in [0.15, 0.2) is 24.3 Å². The molecule has 1 aromatic rings. The summed E-state index contributed by atoms with van der Waals surface area (Å²) < 4.78 is 5.20. The van der Waals surface area contributed by atoms with Gasteiger partial charge in [0.25, 0.3) is 0 Å². The Kier molecular flexibility index (Phi) is 4.77. The van der Waals surface area contributed by atoms with Crippen LogP contribution in [0.25, 0.3) is 0 Å². The van der Waals surface area contributed by atoms with Crippen molar-refractivity contribution in [2.45, 2.75) is 32.1 Å². The van der Waals surface area contributed by atoms with E-state index in [1.165, 1.54) is 0 Å². The van der Waals surface area contributed by atoms with Crippen molar-refractivity contribution in [2.75, 3.05) is 7.11 Å². The van der Waals surface area contributed by atoms with Crippen LogP contribution in [0, 0.1) is 11.8 Å². The standard InChI is InChI=1S/C16H20O4/c1-20-15-8-3-2-7-13(15)14(17)10-11-5-4-6-12(9-11)16(18)19/h2-3,7-8,11-12H,4-6,9-10H2,1H3,(H,18,19). The van der Waals surface area contributed by atoms with E-state index in [1.807, 2.05) is 12.1 Å². The quantitative estimate of drug-likeness (QED) is 0.839. The molecule has 4 heteroatoms. The Labute approximate surface area is 118 Å². The highest BCUT2D eigenvalue weighted by Crippen LogP contribution is 2.33. The fourth-order valence-electron chi connectivity index (χ4n) is 2.95. The van der Waals surface area contributed by atoms with Gasteiger partial charge in [-0.25, -0.2) is 0 Å². The molecule has 2 rings (SSSR count). The number of carbonyl (C=O) groups excluding carboxylic acids is 1. The molecule has 1 aliphatic rings. The zero-order valence-electron chi connectivity index (χ0n) is 11.7. The van der Waals surface area contributed by atoms with Crippen molar-refractivity contribution in [3.05, 3.63) is 29.8 Å². The van der Waals surface area contributed by atoms with Crippen LogP contribution in [-0.2, 0) is 4.79 Å². The van der Waals surface area contributed by atoms with Crippen molar-refractivity contribution in [3.63, 3.8) is 0 Å². The summed E-state index contributed by atoms with van der Waals surface area (Å²) >= 11 is 0. The number of carbonyl (C=O) groups is 2. The zero-order valence-corrected chi connectivity index (χ0v) is 11.7. The monoisotopic (exact) mass is 276 g/mol. The molecule has 0 spiro atoms. The van der Waals surface area contributed by atoms with Gasteiger partial charge in [-0.1, -0.05) is 18.6 Å². The van der Waals surface area contributed by atoms with E-state index in [2.05, 4.69) is 0 Å². The summed E-state index contributed by atoms with van der Waals surface area (Å²) in [5.41, 5.74) is 0.590. The third kappa shape index (κ3) is 3.38. The number of rotatable bonds is 5. The van der Waals surface area contributed by atoms with Gasteiger partial charge in [-0.15, -0.1) is 0 Å². The Morgan fingerprint density at radius 1 is 1.30 bits per heavy atom. The van der Waals surface area contributed by atoms with Crippen molar-refractivity contribution >= 4 is 11.8 Å². The van der Waals surface area contributed by atoms with E-state index in [4.69, 9.17) is 9.84 Å². The highest BCUT2D eigenvalue weighted by atomic mass is 16.5. The van der Waals surface area contributed by atoms with Crippen LogP contribution in [-0.4, -0.2) is 24.0 Å². The molecular formula is C16H20O4. The lowest BCUT2D eigenvalue weighted by molar-refractivity contribution is -0.143. The highest BCUT2D eigenvalue weighted by molar-refractivity contribution is 5.98. The number of hydrogen-bond acceptors (Lipinski definition) is 3. The number of carboxylic acid groups (broad SMARTS) is 1. The second-order valence-corrected chi connectivity index (χ2v) is 5.40. The summed E-state index contributed by atoms with van der Waals surface area (Å²) in [4.78, 5) is 23.4. The van der Waals surface area contributed by atoms with Gasteiger partial charge in [0.15, 0.2) is 5.78 Å². The van der Waals surface area contributed by atoms with Crippen LogP contribution in [0.2, 0.25) is 0 Å². The average molecular weight is 276 g/mol. The van der Waals surface area contributed by atoms with Crippen LogP contribution in [0.5, 0.6) is 5.75 Å². The maximum Gasteiger partial charge on any atom is 0.306 e. The highest BCUT2D eigenvalue weighted by Gasteiger charge is 2.28. The van der Waals surface area contributed by atoms with E-state index in [9.17, 15) is 9.59 Å². The molecule has 4 nitrogen and oxygen atoms in total. The number of hydrogen-bond donors (Lipinski definition) is 1. The zero-order chi connectivity index (χ0) is 14.5. The number of carboxylic acids is 1. The molecule has 2 atom stereocenters. The molecule has 0 aromatic heterocycles. The van der Waals surface area contributed by atoms with Gasteiger partial charge in [0.1, 0.15) is 5.75 Å². The molecule has 0 amide bonds. The molecule has 1 fully saturated rings. The third-order valence-corrected chi connectivity index (χ3v) is 4.01. The normalized spacial score (nSPS) is 22.2. The van der Waals surface area contributed by atoms with E-state index < -0.39 is 5.97 Å². The van der Waals surface area contributed by atoms with Gasteiger partial charge in [0.2, 0.25) is 0 Å². The Bertz CT molecular complexity index is 495. The molecule has 0 bridgehead atoms. The van der Waals surface area contributed by atoms with Gasteiger partial charge in [0, 0.05) is 6.42 Å². The summed E-state index contributed by atoms with van der Waals surface area (Å²) in [5.74, 6) is -0.234. The molecule has 1 aliphatic carbocycles. The first-order chi connectivity index (χ1) is 9.61. The lowest BCUT2D eigenvalue weighted by Crippen LogP contribution is -2.24. The minimum Gasteiger partial charge on any atom is -0.496 e. The Morgan fingerprint density at radius 3 is 2.75 bits per heavy atom. The Morgan fingerprint density at radius 2 is 2.05 bits per heavy atom. The first-order valence-corrected chi connectivity index (χ1v) is 7.01. The molecule has 0 aliphatic heterocycles. The van der Waals surface area contributed by atoms with Crippen molar-refractivity contribution < 1.29 is 19.4 Å². The Hall–Kier alpha value is -1.84. The van der Waals surface area contributed by atoms with Crippen LogP contribution >= 0.6 is 0 Å². The maximum absolute atomic E-state index is 12.3. The van der Waals surface area contributed by atoms with E-state index in [-0.39, 0.29) is 17.6 Å². The summed E-state index contributed by atoms with van der Waals surface area (Å²) in [6, 6.07) is 7.18. The van der Waals surface area contributed by atoms with Crippen molar-refractivity contribution in [2.24, 2.45) is 11.8 Å². The smallest absolute Gasteiger partial charge is 0.306 e. The van der Waals surface area contributed by atoms with Crippen LogP contribution in [0.1, 0.15) is 42.5 Å². The molecule has 20 heavy (non-hydrogen) atoms. The van der Waals surface area contributed by atoms with Gasteiger partial charge >= 0.3 is 5.97 Å². The SMILES string of the molecule is COc1ccccc1C(=O)CC1CCCC(C(=O)O)C1.